The molecule has 0 bridgehead atoms. The summed E-state index contributed by atoms with van der Waals surface area (Å²) in [7, 11) is 0. The molecule has 0 aliphatic heterocycles. The zero-order valence-corrected chi connectivity index (χ0v) is 11.7. The first-order chi connectivity index (χ1) is 9.61. The number of alkyl halides is 1. The van der Waals surface area contributed by atoms with Crippen LogP contribution in [0, 0.1) is 0 Å². The van der Waals surface area contributed by atoms with Gasteiger partial charge in [-0.25, -0.2) is 0 Å². The molecule has 1 rings (SSSR count). The molecule has 1 aromatic carbocycles. The first-order valence-electron chi connectivity index (χ1n) is 6.20. The Kier molecular flexibility index (Phi) is 7.69. The SMILES string of the molecule is O=C(O)CCC(=O)O[C@H](CCl)COCc1ccccc1. The molecule has 0 aliphatic rings. The number of ether oxygens (including phenoxy) is 2. The summed E-state index contributed by atoms with van der Waals surface area (Å²) in [5, 5.41) is 8.46. The first-order valence-corrected chi connectivity index (χ1v) is 6.74. The highest BCUT2D eigenvalue weighted by Crippen LogP contribution is 2.05. The molecule has 5 nitrogen and oxygen atoms in total. The number of carbonyl (C=O) groups excluding carboxylic acids is 1. The highest BCUT2D eigenvalue weighted by Gasteiger charge is 2.14. The van der Waals surface area contributed by atoms with E-state index in [4.69, 9.17) is 26.2 Å². The van der Waals surface area contributed by atoms with Crippen LogP contribution in [0.4, 0.5) is 0 Å². The summed E-state index contributed by atoms with van der Waals surface area (Å²) in [5.74, 6) is -1.51. The Morgan fingerprint density at radius 3 is 2.50 bits per heavy atom. The van der Waals surface area contributed by atoms with Crippen molar-refractivity contribution in [2.45, 2.75) is 25.6 Å². The monoisotopic (exact) mass is 300 g/mol. The largest absolute Gasteiger partial charge is 0.481 e. The molecule has 0 aliphatic carbocycles. The molecule has 0 heterocycles. The van der Waals surface area contributed by atoms with Crippen LogP contribution in [0.2, 0.25) is 0 Å². The van der Waals surface area contributed by atoms with Crippen molar-refractivity contribution in [3.63, 3.8) is 0 Å². The van der Waals surface area contributed by atoms with Gasteiger partial charge in [0, 0.05) is 0 Å². The molecule has 0 aromatic heterocycles. The van der Waals surface area contributed by atoms with Crippen LogP contribution < -0.4 is 0 Å². The van der Waals surface area contributed by atoms with E-state index in [-0.39, 0.29) is 25.3 Å². The molecule has 1 N–H and O–H groups in total. The number of carboxylic acid groups (broad SMARTS) is 1. The number of benzene rings is 1. The molecule has 0 spiro atoms. The van der Waals surface area contributed by atoms with E-state index >= 15 is 0 Å². The summed E-state index contributed by atoms with van der Waals surface area (Å²) >= 11 is 5.68. The zero-order chi connectivity index (χ0) is 14.8. The van der Waals surface area contributed by atoms with E-state index < -0.39 is 18.0 Å². The van der Waals surface area contributed by atoms with E-state index in [1.807, 2.05) is 30.3 Å². The van der Waals surface area contributed by atoms with Crippen LogP contribution in [-0.2, 0) is 25.7 Å². The van der Waals surface area contributed by atoms with Gasteiger partial charge in [0.25, 0.3) is 0 Å². The molecule has 110 valence electrons. The van der Waals surface area contributed by atoms with E-state index in [1.54, 1.807) is 0 Å². The Balaban J connectivity index is 2.25. The van der Waals surface area contributed by atoms with Crippen molar-refractivity contribution >= 4 is 23.5 Å². The minimum Gasteiger partial charge on any atom is -0.481 e. The summed E-state index contributed by atoms with van der Waals surface area (Å²) in [4.78, 5) is 21.7. The number of carboxylic acids is 1. The van der Waals surface area contributed by atoms with E-state index in [9.17, 15) is 9.59 Å². The number of esters is 1. The first kappa shape index (κ1) is 16.5. The van der Waals surface area contributed by atoms with Gasteiger partial charge >= 0.3 is 11.9 Å². The Labute approximate surface area is 122 Å². The fourth-order valence-corrected chi connectivity index (χ4v) is 1.60. The van der Waals surface area contributed by atoms with Crippen LogP contribution >= 0.6 is 11.6 Å². The highest BCUT2D eigenvalue weighted by molar-refractivity contribution is 6.18. The summed E-state index contributed by atoms with van der Waals surface area (Å²) in [6.45, 7) is 0.581. The number of aliphatic carboxylic acids is 1. The lowest BCUT2D eigenvalue weighted by atomic mass is 10.2. The summed E-state index contributed by atoms with van der Waals surface area (Å²) < 4.78 is 10.5. The lowest BCUT2D eigenvalue weighted by molar-refractivity contribution is -0.153. The predicted molar refractivity (Wildman–Crippen MR) is 73.6 cm³/mol. The second-order valence-electron chi connectivity index (χ2n) is 4.16. The van der Waals surface area contributed by atoms with Gasteiger partial charge < -0.3 is 14.6 Å². The van der Waals surface area contributed by atoms with Crippen molar-refractivity contribution in [3.8, 4) is 0 Å². The van der Waals surface area contributed by atoms with Crippen molar-refractivity contribution in [2.24, 2.45) is 0 Å². The predicted octanol–water partition coefficient (Wildman–Crippen LogP) is 2.22. The van der Waals surface area contributed by atoms with Gasteiger partial charge in [-0.2, -0.15) is 0 Å². The Morgan fingerprint density at radius 2 is 1.90 bits per heavy atom. The lowest BCUT2D eigenvalue weighted by Crippen LogP contribution is -2.25. The van der Waals surface area contributed by atoms with Gasteiger partial charge in [0.1, 0.15) is 6.10 Å². The molecule has 0 radical (unpaired) electrons. The van der Waals surface area contributed by atoms with Crippen molar-refractivity contribution in [3.05, 3.63) is 35.9 Å². The second kappa shape index (κ2) is 9.34. The summed E-state index contributed by atoms with van der Waals surface area (Å²) in [6.07, 6.45) is -0.984. The van der Waals surface area contributed by atoms with Crippen LogP contribution in [-0.4, -0.2) is 35.6 Å². The van der Waals surface area contributed by atoms with Gasteiger partial charge in [-0.1, -0.05) is 30.3 Å². The molecule has 1 atom stereocenters. The van der Waals surface area contributed by atoms with E-state index in [1.165, 1.54) is 0 Å². The highest BCUT2D eigenvalue weighted by atomic mass is 35.5. The van der Waals surface area contributed by atoms with Crippen LogP contribution in [0.25, 0.3) is 0 Å². The fourth-order valence-electron chi connectivity index (χ4n) is 1.45. The number of hydrogen-bond donors (Lipinski definition) is 1. The van der Waals surface area contributed by atoms with E-state index in [0.717, 1.165) is 5.56 Å². The topological polar surface area (TPSA) is 72.8 Å². The van der Waals surface area contributed by atoms with Gasteiger partial charge in [0.05, 0.1) is 31.9 Å². The molecule has 1 aromatic rings. The molecule has 0 saturated carbocycles. The van der Waals surface area contributed by atoms with Gasteiger partial charge in [0.2, 0.25) is 0 Å². The van der Waals surface area contributed by atoms with Gasteiger partial charge in [-0.15, -0.1) is 11.6 Å². The molecular formula is C14H17ClO5. The van der Waals surface area contributed by atoms with Gasteiger partial charge in [-0.05, 0) is 5.56 Å². The molecule has 0 unspecified atom stereocenters. The minimum absolute atomic E-state index is 0.105. The average molecular weight is 301 g/mol. The Bertz CT molecular complexity index is 421. The Morgan fingerprint density at radius 1 is 1.20 bits per heavy atom. The van der Waals surface area contributed by atoms with Crippen LogP contribution in [0.3, 0.4) is 0 Å². The molecule has 0 saturated heterocycles. The van der Waals surface area contributed by atoms with Gasteiger partial charge in [-0.3, -0.25) is 9.59 Å². The average Bonchev–Trinajstić information content (AvgIpc) is 2.45. The third-order valence-corrected chi connectivity index (χ3v) is 2.77. The van der Waals surface area contributed by atoms with E-state index in [0.29, 0.717) is 6.61 Å². The number of hydrogen-bond acceptors (Lipinski definition) is 4. The quantitative estimate of drug-likeness (QED) is 0.559. The zero-order valence-electron chi connectivity index (χ0n) is 11.0. The minimum atomic E-state index is -1.04. The maximum absolute atomic E-state index is 11.4. The van der Waals surface area contributed by atoms with Crippen molar-refractivity contribution < 1.29 is 24.2 Å². The number of carbonyl (C=O) groups is 2. The van der Waals surface area contributed by atoms with Crippen molar-refractivity contribution in [1.29, 1.82) is 0 Å². The number of halogens is 1. The molecule has 20 heavy (non-hydrogen) atoms. The molecule has 0 fully saturated rings. The lowest BCUT2D eigenvalue weighted by Gasteiger charge is -2.15. The van der Waals surface area contributed by atoms with Crippen molar-refractivity contribution in [2.75, 3.05) is 12.5 Å². The summed E-state index contributed by atoms with van der Waals surface area (Å²) in [6, 6.07) is 9.58. The van der Waals surface area contributed by atoms with E-state index in [2.05, 4.69) is 0 Å². The Hall–Kier alpha value is -1.59. The maximum atomic E-state index is 11.4. The third kappa shape index (κ3) is 7.11. The van der Waals surface area contributed by atoms with Crippen LogP contribution in [0.15, 0.2) is 30.3 Å². The molecular weight excluding hydrogens is 284 g/mol. The maximum Gasteiger partial charge on any atom is 0.306 e. The third-order valence-electron chi connectivity index (χ3n) is 2.43. The summed E-state index contributed by atoms with van der Waals surface area (Å²) in [5.41, 5.74) is 1.01. The second-order valence-corrected chi connectivity index (χ2v) is 4.47. The van der Waals surface area contributed by atoms with Crippen molar-refractivity contribution in [1.82, 2.24) is 0 Å². The molecule has 6 heteroatoms. The standard InChI is InChI=1S/C14H17ClO5/c15-8-12(20-14(18)7-6-13(16)17)10-19-9-11-4-2-1-3-5-11/h1-5,12H,6-10H2,(H,16,17)/t12-/m1/s1. The normalized spacial score (nSPS) is 11.8. The fraction of sp³-hybridized carbons (Fsp3) is 0.429. The number of rotatable bonds is 9. The van der Waals surface area contributed by atoms with Crippen LogP contribution in [0.1, 0.15) is 18.4 Å². The molecule has 0 amide bonds. The smallest absolute Gasteiger partial charge is 0.306 e. The van der Waals surface area contributed by atoms with Gasteiger partial charge in [0.15, 0.2) is 0 Å². The van der Waals surface area contributed by atoms with Crippen LogP contribution in [0.5, 0.6) is 0 Å².